The lowest BCUT2D eigenvalue weighted by molar-refractivity contribution is 0.210. The van der Waals surface area contributed by atoms with E-state index in [1.54, 1.807) is 0 Å². The minimum Gasteiger partial charge on any atom is -0.303 e. The van der Waals surface area contributed by atoms with Crippen molar-refractivity contribution in [2.75, 3.05) is 0 Å². The Bertz CT molecular complexity index is 194. The van der Waals surface area contributed by atoms with Crippen molar-refractivity contribution in [3.63, 3.8) is 0 Å². The lowest BCUT2D eigenvalue weighted by Gasteiger charge is -2.39. The standard InChI is InChI=1S/C13H27N/c1-9-12(5,6)14-13(7,8)10-11(2,3)4/h9,14H,1,10H2,2-8H3. The van der Waals surface area contributed by atoms with Crippen LogP contribution >= 0.6 is 0 Å². The van der Waals surface area contributed by atoms with Gasteiger partial charge in [-0.25, -0.2) is 0 Å². The summed E-state index contributed by atoms with van der Waals surface area (Å²) in [6.07, 6.45) is 3.12. The third-order valence-corrected chi connectivity index (χ3v) is 2.14. The average Bonchev–Trinajstić information content (AvgIpc) is 1.78. The van der Waals surface area contributed by atoms with Crippen LogP contribution in [0.15, 0.2) is 12.7 Å². The Labute approximate surface area is 90.0 Å². The van der Waals surface area contributed by atoms with E-state index in [1.165, 1.54) is 0 Å². The summed E-state index contributed by atoms with van der Waals surface area (Å²) in [5, 5.41) is 3.62. The normalized spacial score (nSPS) is 14.2. The van der Waals surface area contributed by atoms with Gasteiger partial charge in [-0.3, -0.25) is 0 Å². The van der Waals surface area contributed by atoms with E-state index in [0.29, 0.717) is 5.41 Å². The van der Waals surface area contributed by atoms with E-state index >= 15 is 0 Å². The summed E-state index contributed by atoms with van der Waals surface area (Å²) in [6, 6.07) is 0. The molecule has 0 rings (SSSR count). The third-order valence-electron chi connectivity index (χ3n) is 2.14. The topological polar surface area (TPSA) is 12.0 Å². The molecule has 0 saturated heterocycles. The monoisotopic (exact) mass is 197 g/mol. The van der Waals surface area contributed by atoms with Crippen LogP contribution in [0.25, 0.3) is 0 Å². The highest BCUT2D eigenvalue weighted by molar-refractivity contribution is 5.00. The van der Waals surface area contributed by atoms with Crippen LogP contribution in [0.3, 0.4) is 0 Å². The molecule has 0 aliphatic heterocycles. The van der Waals surface area contributed by atoms with Crippen molar-refractivity contribution in [2.24, 2.45) is 5.41 Å². The summed E-state index contributed by atoms with van der Waals surface area (Å²) in [7, 11) is 0. The highest BCUT2D eigenvalue weighted by Gasteiger charge is 2.29. The molecule has 0 unspecified atom stereocenters. The van der Waals surface area contributed by atoms with Crippen molar-refractivity contribution in [1.82, 2.24) is 5.32 Å². The van der Waals surface area contributed by atoms with Crippen LogP contribution in [-0.2, 0) is 0 Å². The number of hydrogen-bond acceptors (Lipinski definition) is 1. The summed E-state index contributed by atoms with van der Waals surface area (Å²) in [5.41, 5.74) is 0.512. The maximum Gasteiger partial charge on any atom is 0.0309 e. The zero-order valence-corrected chi connectivity index (χ0v) is 11.0. The molecule has 0 aliphatic rings. The van der Waals surface area contributed by atoms with Crippen LogP contribution in [0.4, 0.5) is 0 Å². The van der Waals surface area contributed by atoms with Crippen molar-refractivity contribution in [3.05, 3.63) is 12.7 Å². The van der Waals surface area contributed by atoms with Crippen molar-refractivity contribution >= 4 is 0 Å². The molecule has 1 heteroatoms. The van der Waals surface area contributed by atoms with Crippen molar-refractivity contribution < 1.29 is 0 Å². The van der Waals surface area contributed by atoms with Crippen LogP contribution in [0.5, 0.6) is 0 Å². The van der Waals surface area contributed by atoms with Gasteiger partial charge in [0, 0.05) is 11.1 Å². The molecule has 0 aromatic heterocycles. The van der Waals surface area contributed by atoms with Crippen LogP contribution in [0.1, 0.15) is 54.9 Å². The molecule has 0 heterocycles. The molecule has 0 radical (unpaired) electrons. The predicted molar refractivity (Wildman–Crippen MR) is 65.6 cm³/mol. The Morgan fingerprint density at radius 1 is 1.00 bits per heavy atom. The molecule has 1 nitrogen and oxygen atoms in total. The highest BCUT2D eigenvalue weighted by Crippen LogP contribution is 2.28. The van der Waals surface area contributed by atoms with E-state index in [4.69, 9.17) is 0 Å². The maximum atomic E-state index is 3.85. The molecule has 84 valence electrons. The molecule has 1 N–H and O–H groups in total. The van der Waals surface area contributed by atoms with E-state index < -0.39 is 0 Å². The molecular weight excluding hydrogens is 170 g/mol. The molecule has 0 spiro atoms. The highest BCUT2D eigenvalue weighted by atomic mass is 15.0. The molecule has 0 aromatic rings. The largest absolute Gasteiger partial charge is 0.303 e. The van der Waals surface area contributed by atoms with Gasteiger partial charge in [-0.15, -0.1) is 6.58 Å². The van der Waals surface area contributed by atoms with Crippen LogP contribution in [0, 0.1) is 5.41 Å². The first-order valence-electron chi connectivity index (χ1n) is 5.40. The SMILES string of the molecule is C=CC(C)(C)NC(C)(C)CC(C)(C)C. The van der Waals surface area contributed by atoms with Gasteiger partial charge in [0.25, 0.3) is 0 Å². The first-order valence-corrected chi connectivity index (χ1v) is 5.40. The Morgan fingerprint density at radius 2 is 1.43 bits per heavy atom. The number of hydrogen-bond donors (Lipinski definition) is 1. The van der Waals surface area contributed by atoms with Gasteiger partial charge in [0.05, 0.1) is 0 Å². The van der Waals surface area contributed by atoms with Gasteiger partial charge in [0.1, 0.15) is 0 Å². The molecule has 14 heavy (non-hydrogen) atoms. The molecular formula is C13H27N. The molecule has 0 fully saturated rings. The minimum absolute atomic E-state index is 0.00868. The molecule has 0 atom stereocenters. The van der Waals surface area contributed by atoms with E-state index in [9.17, 15) is 0 Å². The zero-order valence-electron chi connectivity index (χ0n) is 11.0. The number of rotatable bonds is 4. The van der Waals surface area contributed by atoms with Crippen LogP contribution in [-0.4, -0.2) is 11.1 Å². The van der Waals surface area contributed by atoms with E-state index in [2.05, 4.69) is 60.4 Å². The zero-order chi connectivity index (χ0) is 11.6. The molecule has 0 amide bonds. The van der Waals surface area contributed by atoms with Crippen molar-refractivity contribution in [2.45, 2.75) is 66.0 Å². The fraction of sp³-hybridized carbons (Fsp3) is 0.846. The smallest absolute Gasteiger partial charge is 0.0309 e. The van der Waals surface area contributed by atoms with Gasteiger partial charge in [-0.2, -0.15) is 0 Å². The van der Waals surface area contributed by atoms with Gasteiger partial charge in [0.2, 0.25) is 0 Å². The molecule has 0 bridgehead atoms. The number of nitrogens with one attached hydrogen (secondary N) is 1. The average molecular weight is 197 g/mol. The lowest BCUT2D eigenvalue weighted by atomic mass is 9.80. The third kappa shape index (κ3) is 6.20. The minimum atomic E-state index is 0.00868. The first kappa shape index (κ1) is 13.7. The second kappa shape index (κ2) is 4.06. The van der Waals surface area contributed by atoms with E-state index in [-0.39, 0.29) is 11.1 Å². The lowest BCUT2D eigenvalue weighted by Crippen LogP contribution is -2.52. The Kier molecular flexibility index (Phi) is 3.97. The fourth-order valence-corrected chi connectivity index (χ4v) is 2.29. The Morgan fingerprint density at radius 3 is 1.71 bits per heavy atom. The van der Waals surface area contributed by atoms with E-state index in [1.807, 2.05) is 6.08 Å². The first-order chi connectivity index (χ1) is 5.97. The quantitative estimate of drug-likeness (QED) is 0.677. The van der Waals surface area contributed by atoms with E-state index in [0.717, 1.165) is 6.42 Å². The second-order valence-electron chi connectivity index (χ2n) is 6.67. The predicted octanol–water partition coefficient (Wildman–Crippen LogP) is 3.76. The van der Waals surface area contributed by atoms with Crippen molar-refractivity contribution in [1.29, 1.82) is 0 Å². The summed E-state index contributed by atoms with van der Waals surface area (Å²) < 4.78 is 0. The van der Waals surface area contributed by atoms with Gasteiger partial charge in [0.15, 0.2) is 0 Å². The summed E-state index contributed by atoms with van der Waals surface area (Å²) >= 11 is 0. The molecule has 0 aliphatic carbocycles. The van der Waals surface area contributed by atoms with Crippen LogP contribution in [0.2, 0.25) is 0 Å². The Hall–Kier alpha value is -0.300. The van der Waals surface area contributed by atoms with Crippen molar-refractivity contribution in [3.8, 4) is 0 Å². The maximum absolute atomic E-state index is 3.85. The summed E-state index contributed by atoms with van der Waals surface area (Å²) in [5.74, 6) is 0. The van der Waals surface area contributed by atoms with Crippen LogP contribution < -0.4 is 5.32 Å². The molecule has 0 aromatic carbocycles. The second-order valence-corrected chi connectivity index (χ2v) is 6.67. The van der Waals surface area contributed by atoms with Gasteiger partial charge >= 0.3 is 0 Å². The summed E-state index contributed by atoms with van der Waals surface area (Å²) in [4.78, 5) is 0. The molecule has 0 saturated carbocycles. The summed E-state index contributed by atoms with van der Waals surface area (Å²) in [6.45, 7) is 19.5. The fourth-order valence-electron chi connectivity index (χ4n) is 2.29. The Balaban J connectivity index is 4.42. The van der Waals surface area contributed by atoms with Gasteiger partial charge in [-0.1, -0.05) is 26.8 Å². The van der Waals surface area contributed by atoms with Gasteiger partial charge < -0.3 is 5.32 Å². The van der Waals surface area contributed by atoms with Gasteiger partial charge in [-0.05, 0) is 39.5 Å².